The van der Waals surface area contributed by atoms with Gasteiger partial charge in [0.15, 0.2) is 0 Å². The van der Waals surface area contributed by atoms with Crippen molar-refractivity contribution in [3.8, 4) is 0 Å². The molecule has 0 fully saturated rings. The van der Waals surface area contributed by atoms with Crippen LogP contribution in [0.3, 0.4) is 0 Å². The molecule has 1 unspecified atom stereocenters. The van der Waals surface area contributed by atoms with Gasteiger partial charge in [-0.2, -0.15) is 4.40 Å². The zero-order valence-electron chi connectivity index (χ0n) is 13.7. The van der Waals surface area contributed by atoms with Crippen molar-refractivity contribution in [2.45, 2.75) is 38.6 Å². The molecule has 2 aromatic carbocycles. The molecule has 0 N–H and O–H groups in total. The second kappa shape index (κ2) is 4.35. The van der Waals surface area contributed by atoms with Gasteiger partial charge in [-0.1, -0.05) is 43.3 Å². The number of fused-ring (bicyclic) bond motifs is 3. The van der Waals surface area contributed by atoms with E-state index in [2.05, 4.69) is 77.7 Å². The van der Waals surface area contributed by atoms with Gasteiger partial charge in [0.05, 0.1) is 5.39 Å². The Bertz CT molecular complexity index is 1070. The molecule has 2 nitrogen and oxygen atoms in total. The van der Waals surface area contributed by atoms with Crippen LogP contribution >= 0.6 is 0 Å². The summed E-state index contributed by atoms with van der Waals surface area (Å²) in [6.45, 7) is 4.71. The molecule has 0 saturated heterocycles. The van der Waals surface area contributed by atoms with Crippen LogP contribution in [0.2, 0.25) is 0 Å². The lowest BCUT2D eigenvalue weighted by molar-refractivity contribution is -0.738. The number of hydrogen-bond acceptors (Lipinski definition) is 0. The molecule has 2 heteroatoms. The Morgan fingerprint density at radius 2 is 1.91 bits per heavy atom. The van der Waals surface area contributed by atoms with E-state index in [1.54, 1.807) is 0 Å². The summed E-state index contributed by atoms with van der Waals surface area (Å²) in [4.78, 5) is 0. The summed E-state index contributed by atoms with van der Waals surface area (Å²) in [5.41, 5.74) is 4.33. The molecule has 0 bridgehead atoms. The van der Waals surface area contributed by atoms with Crippen LogP contribution < -0.4 is 4.57 Å². The standard InChI is InChI=1S/C21H21N2/c1-3-21(2)12-11-15-7-6-9-17-16-8-4-5-10-18(16)22-13-14-23(21)20(22)19(15)17/h4-10,13-14H,3,11-12H2,1-2H3/q+1. The zero-order valence-corrected chi connectivity index (χ0v) is 13.7. The van der Waals surface area contributed by atoms with Gasteiger partial charge in [0.2, 0.25) is 0 Å². The Hall–Kier alpha value is -2.35. The van der Waals surface area contributed by atoms with Crippen LogP contribution in [0.5, 0.6) is 0 Å². The smallest absolute Gasteiger partial charge is 0.225 e. The predicted molar refractivity (Wildman–Crippen MR) is 94.9 cm³/mol. The molecule has 0 spiro atoms. The number of rotatable bonds is 1. The third-order valence-corrected chi connectivity index (χ3v) is 5.93. The van der Waals surface area contributed by atoms with Gasteiger partial charge in [0, 0.05) is 10.8 Å². The first-order valence-corrected chi connectivity index (χ1v) is 8.58. The Balaban J connectivity index is 2.13. The maximum absolute atomic E-state index is 2.53. The summed E-state index contributed by atoms with van der Waals surface area (Å²) < 4.78 is 4.92. The molecule has 1 aliphatic rings. The Morgan fingerprint density at radius 1 is 1.09 bits per heavy atom. The first-order valence-electron chi connectivity index (χ1n) is 8.58. The topological polar surface area (TPSA) is 8.29 Å². The summed E-state index contributed by atoms with van der Waals surface area (Å²) in [5.74, 6) is 0. The normalized spacial score (nSPS) is 20.6. The first-order chi connectivity index (χ1) is 11.2. The van der Waals surface area contributed by atoms with Gasteiger partial charge < -0.3 is 0 Å². The average molecular weight is 301 g/mol. The fourth-order valence-electron chi connectivity index (χ4n) is 4.34. The molecule has 114 valence electrons. The summed E-state index contributed by atoms with van der Waals surface area (Å²) in [6.07, 6.45) is 8.02. The fourth-order valence-corrected chi connectivity index (χ4v) is 4.34. The average Bonchev–Trinajstić information content (AvgIpc) is 3.01. The van der Waals surface area contributed by atoms with Gasteiger partial charge in [-0.25, -0.2) is 4.57 Å². The largest absolute Gasteiger partial charge is 0.295 e. The summed E-state index contributed by atoms with van der Waals surface area (Å²) >= 11 is 0. The highest BCUT2D eigenvalue weighted by Crippen LogP contribution is 2.36. The van der Waals surface area contributed by atoms with Crippen molar-refractivity contribution in [1.82, 2.24) is 4.40 Å². The van der Waals surface area contributed by atoms with Crippen LogP contribution in [0.15, 0.2) is 54.9 Å². The number of benzene rings is 2. The second-order valence-corrected chi connectivity index (χ2v) is 7.07. The third kappa shape index (κ3) is 1.56. The number of para-hydroxylation sites is 1. The molecule has 0 saturated carbocycles. The summed E-state index contributed by atoms with van der Waals surface area (Å²) in [6, 6.07) is 15.6. The van der Waals surface area contributed by atoms with Crippen LogP contribution in [0.1, 0.15) is 32.3 Å². The Kier molecular flexibility index (Phi) is 2.48. The van der Waals surface area contributed by atoms with Gasteiger partial charge in [-0.05, 0) is 37.8 Å². The molecule has 23 heavy (non-hydrogen) atoms. The van der Waals surface area contributed by atoms with Crippen LogP contribution in [0.25, 0.3) is 27.3 Å². The maximum atomic E-state index is 2.53. The lowest BCUT2D eigenvalue weighted by Crippen LogP contribution is -2.53. The van der Waals surface area contributed by atoms with Gasteiger partial charge in [-0.3, -0.25) is 0 Å². The SMILES string of the molecule is CCC1(C)CCc2cccc3c4ccccc4n4cc[n+]1c4c23. The van der Waals surface area contributed by atoms with E-state index in [1.807, 2.05) is 0 Å². The minimum absolute atomic E-state index is 0.184. The predicted octanol–water partition coefficient (Wildman–Crippen LogP) is 4.60. The molecule has 5 rings (SSSR count). The first kappa shape index (κ1) is 13.1. The van der Waals surface area contributed by atoms with Crippen LogP contribution in [0.4, 0.5) is 0 Å². The fraction of sp³-hybridized carbons (Fsp3) is 0.286. The van der Waals surface area contributed by atoms with Gasteiger partial charge in [-0.15, -0.1) is 0 Å². The van der Waals surface area contributed by atoms with Crippen molar-refractivity contribution >= 4 is 27.3 Å². The number of aryl methyl sites for hydroxylation is 1. The third-order valence-electron chi connectivity index (χ3n) is 5.93. The molecule has 1 aliphatic heterocycles. The van der Waals surface area contributed by atoms with Crippen LogP contribution in [0, 0.1) is 0 Å². The molecule has 0 radical (unpaired) electrons. The zero-order chi connectivity index (χ0) is 15.6. The quantitative estimate of drug-likeness (QED) is 0.358. The number of hydrogen-bond donors (Lipinski definition) is 0. The van der Waals surface area contributed by atoms with Crippen molar-refractivity contribution in [3.63, 3.8) is 0 Å². The van der Waals surface area contributed by atoms with Gasteiger partial charge >= 0.3 is 0 Å². The monoisotopic (exact) mass is 301 g/mol. The number of aromatic nitrogens is 2. The van der Waals surface area contributed by atoms with Gasteiger partial charge in [0.25, 0.3) is 5.65 Å². The van der Waals surface area contributed by atoms with Crippen molar-refractivity contribution in [2.75, 3.05) is 0 Å². The van der Waals surface area contributed by atoms with Crippen molar-refractivity contribution < 1.29 is 4.57 Å². The van der Waals surface area contributed by atoms with E-state index in [1.165, 1.54) is 39.3 Å². The molecular weight excluding hydrogens is 280 g/mol. The molecule has 4 aromatic rings. The molecule has 0 amide bonds. The molecule has 2 aromatic heterocycles. The van der Waals surface area contributed by atoms with E-state index in [0.29, 0.717) is 0 Å². The Morgan fingerprint density at radius 3 is 2.78 bits per heavy atom. The minimum atomic E-state index is 0.184. The van der Waals surface area contributed by atoms with E-state index in [9.17, 15) is 0 Å². The van der Waals surface area contributed by atoms with E-state index in [0.717, 1.165) is 12.8 Å². The molecule has 3 heterocycles. The van der Waals surface area contributed by atoms with E-state index in [4.69, 9.17) is 0 Å². The van der Waals surface area contributed by atoms with Crippen molar-refractivity contribution in [3.05, 3.63) is 60.4 Å². The van der Waals surface area contributed by atoms with E-state index in [-0.39, 0.29) is 5.54 Å². The van der Waals surface area contributed by atoms with E-state index < -0.39 is 0 Å². The molecular formula is C21H21N2+. The lowest BCUT2D eigenvalue weighted by Gasteiger charge is -2.24. The lowest BCUT2D eigenvalue weighted by atomic mass is 9.91. The van der Waals surface area contributed by atoms with E-state index >= 15 is 0 Å². The van der Waals surface area contributed by atoms with Crippen LogP contribution in [-0.2, 0) is 12.0 Å². The minimum Gasteiger partial charge on any atom is -0.225 e. The number of pyridine rings is 1. The maximum Gasteiger partial charge on any atom is 0.295 e. The van der Waals surface area contributed by atoms with Gasteiger partial charge in [0.1, 0.15) is 23.4 Å². The highest BCUT2D eigenvalue weighted by molar-refractivity contribution is 6.12. The highest BCUT2D eigenvalue weighted by Gasteiger charge is 2.36. The number of imidazole rings is 1. The molecule has 1 atom stereocenters. The highest BCUT2D eigenvalue weighted by atomic mass is 15.2. The van der Waals surface area contributed by atoms with Crippen LogP contribution in [-0.4, -0.2) is 4.40 Å². The Labute approximate surface area is 136 Å². The second-order valence-electron chi connectivity index (χ2n) is 7.07. The summed E-state index contributed by atoms with van der Waals surface area (Å²) in [5, 5.41) is 4.17. The van der Waals surface area contributed by atoms with Crippen molar-refractivity contribution in [1.29, 1.82) is 0 Å². The number of nitrogens with zero attached hydrogens (tertiary/aromatic N) is 2. The summed E-state index contributed by atoms with van der Waals surface area (Å²) in [7, 11) is 0. The van der Waals surface area contributed by atoms with Crippen molar-refractivity contribution in [2.24, 2.45) is 0 Å². The molecule has 0 aliphatic carbocycles.